The van der Waals surface area contributed by atoms with Crippen molar-refractivity contribution in [3.63, 3.8) is 0 Å². The number of carbonyl (C=O) groups excluding carboxylic acids is 4. The van der Waals surface area contributed by atoms with Crippen LogP contribution in [0.1, 0.15) is 33.2 Å². The molecule has 0 saturated carbocycles. The lowest BCUT2D eigenvalue weighted by Gasteiger charge is -2.07. The third-order valence-corrected chi connectivity index (χ3v) is 3.80. The van der Waals surface area contributed by atoms with E-state index in [1.807, 2.05) is 0 Å². The minimum absolute atomic E-state index is 0.000580. The lowest BCUT2D eigenvalue weighted by molar-refractivity contribution is -0.152. The largest absolute Gasteiger partial charge is 0.465 e. The average molecular weight is 374 g/mol. The summed E-state index contributed by atoms with van der Waals surface area (Å²) in [6.45, 7) is 1.15. The topological polar surface area (TPSA) is 122 Å². The third kappa shape index (κ3) is 4.04. The molecule has 0 bridgehead atoms. The number of nitrogens with zero attached hydrogens (tertiary/aromatic N) is 1. The van der Waals surface area contributed by atoms with Crippen LogP contribution < -0.4 is 5.32 Å². The minimum Gasteiger partial charge on any atom is -0.465 e. The number of rotatable bonds is 6. The molecule has 0 fully saturated rings. The van der Waals surface area contributed by atoms with Gasteiger partial charge in [0.25, 0.3) is 0 Å². The summed E-state index contributed by atoms with van der Waals surface area (Å²) in [5.41, 5.74) is 1.22. The number of nitrogens with one attached hydrogen (secondary N) is 1. The summed E-state index contributed by atoms with van der Waals surface area (Å²) in [6.07, 6.45) is 0.251. The van der Waals surface area contributed by atoms with Gasteiger partial charge >= 0.3 is 11.9 Å². The third-order valence-electron chi connectivity index (χ3n) is 3.80. The number of fused-ring (bicyclic) bond motifs is 1. The Morgan fingerprint density at radius 3 is 1.89 bits per heavy atom. The Hall–Kier alpha value is -3.46. The van der Waals surface area contributed by atoms with E-state index in [1.54, 1.807) is 12.1 Å². The Morgan fingerprint density at radius 1 is 1.04 bits per heavy atom. The van der Waals surface area contributed by atoms with Crippen molar-refractivity contribution >= 4 is 29.9 Å². The van der Waals surface area contributed by atoms with Gasteiger partial charge in [0, 0.05) is 6.92 Å². The van der Waals surface area contributed by atoms with E-state index in [2.05, 4.69) is 5.32 Å². The van der Waals surface area contributed by atoms with Gasteiger partial charge in [-0.05, 0) is 16.7 Å². The molecule has 0 atom stereocenters. The zero-order valence-corrected chi connectivity index (χ0v) is 14.9. The van der Waals surface area contributed by atoms with Crippen LogP contribution in [0, 0.1) is 0 Å². The SMILES string of the molecule is COC(=O)c1c2ccc(CN(O)C=O)ccc-2c(C(=O)OC)c1NC(C)=O. The Labute approximate surface area is 154 Å². The monoisotopic (exact) mass is 374 g/mol. The summed E-state index contributed by atoms with van der Waals surface area (Å²) in [5.74, 6) is -1.97. The maximum Gasteiger partial charge on any atom is 0.340 e. The molecule has 2 aliphatic carbocycles. The zero-order valence-electron chi connectivity index (χ0n) is 14.9. The fraction of sp³-hybridized carbons (Fsp3) is 0.222. The van der Waals surface area contributed by atoms with Crippen LogP contribution in [-0.2, 0) is 25.6 Å². The second-order valence-corrected chi connectivity index (χ2v) is 5.56. The predicted octanol–water partition coefficient (Wildman–Crippen LogP) is 1.67. The molecule has 2 rings (SSSR count). The first-order valence-corrected chi connectivity index (χ1v) is 7.77. The molecular formula is C18H18N2O7. The van der Waals surface area contributed by atoms with Crippen LogP contribution in [0.4, 0.5) is 5.69 Å². The van der Waals surface area contributed by atoms with E-state index < -0.39 is 17.8 Å². The molecule has 0 saturated heterocycles. The second-order valence-electron chi connectivity index (χ2n) is 5.56. The number of ether oxygens (including phenoxy) is 2. The molecule has 9 nitrogen and oxygen atoms in total. The molecule has 0 aromatic rings. The molecule has 0 unspecified atom stereocenters. The number of methoxy groups -OCH3 is 2. The molecular weight excluding hydrogens is 356 g/mol. The highest BCUT2D eigenvalue weighted by Crippen LogP contribution is 2.41. The van der Waals surface area contributed by atoms with E-state index in [4.69, 9.17) is 9.47 Å². The van der Waals surface area contributed by atoms with E-state index in [1.165, 1.54) is 33.3 Å². The van der Waals surface area contributed by atoms with E-state index in [0.717, 1.165) is 0 Å². The van der Waals surface area contributed by atoms with Crippen LogP contribution in [0.25, 0.3) is 11.1 Å². The second kappa shape index (κ2) is 8.28. The Kier molecular flexibility index (Phi) is 6.09. The molecule has 0 radical (unpaired) electrons. The zero-order chi connectivity index (χ0) is 20.1. The Balaban J connectivity index is 2.80. The average Bonchev–Trinajstić information content (AvgIpc) is 2.80. The van der Waals surface area contributed by atoms with Crippen molar-refractivity contribution in [3.05, 3.63) is 41.0 Å². The summed E-state index contributed by atoms with van der Waals surface area (Å²) >= 11 is 0. The van der Waals surface area contributed by atoms with Gasteiger partial charge in [0.2, 0.25) is 12.3 Å². The number of hydrogen-bond acceptors (Lipinski definition) is 7. The smallest absolute Gasteiger partial charge is 0.340 e. The molecule has 0 aliphatic heterocycles. The highest BCUT2D eigenvalue weighted by atomic mass is 16.5. The van der Waals surface area contributed by atoms with Crippen molar-refractivity contribution in [2.75, 3.05) is 19.5 Å². The lowest BCUT2D eigenvalue weighted by atomic mass is 10.1. The van der Waals surface area contributed by atoms with Crippen molar-refractivity contribution in [2.45, 2.75) is 13.5 Å². The van der Waals surface area contributed by atoms with Gasteiger partial charge in [-0.2, -0.15) is 0 Å². The first-order chi connectivity index (χ1) is 12.8. The summed E-state index contributed by atoms with van der Waals surface area (Å²) in [7, 11) is 2.36. The van der Waals surface area contributed by atoms with E-state index in [0.29, 0.717) is 21.8 Å². The molecule has 0 aromatic carbocycles. The fourth-order valence-corrected chi connectivity index (χ4v) is 2.71. The van der Waals surface area contributed by atoms with Crippen LogP contribution >= 0.6 is 0 Å². The standard InChI is InChI=1S/C18H18N2O7/c1-10(22)19-16-14(17(23)26-2)12-6-4-11(8-20(25)9-21)5-7-13(12)15(16)18(24)27-3/h4-7,9,25H,8H2,1-3H3,(H,19,22). The number of carbonyl (C=O) groups is 4. The van der Waals surface area contributed by atoms with Gasteiger partial charge in [-0.25, -0.2) is 14.7 Å². The van der Waals surface area contributed by atoms with Gasteiger partial charge in [-0.15, -0.1) is 0 Å². The van der Waals surface area contributed by atoms with Crippen LogP contribution in [0.2, 0.25) is 0 Å². The van der Waals surface area contributed by atoms with Gasteiger partial charge in [-0.1, -0.05) is 24.3 Å². The van der Waals surface area contributed by atoms with Crippen LogP contribution in [0.5, 0.6) is 0 Å². The number of anilines is 1. The molecule has 2 amide bonds. The van der Waals surface area contributed by atoms with E-state index in [-0.39, 0.29) is 29.8 Å². The maximum absolute atomic E-state index is 12.3. The van der Waals surface area contributed by atoms with Gasteiger partial charge in [0.1, 0.15) is 0 Å². The molecule has 0 aromatic heterocycles. The number of hydroxylamine groups is 2. The van der Waals surface area contributed by atoms with Crippen molar-refractivity contribution in [1.29, 1.82) is 0 Å². The van der Waals surface area contributed by atoms with Gasteiger partial charge < -0.3 is 14.8 Å². The Morgan fingerprint density at radius 2 is 1.52 bits per heavy atom. The first kappa shape index (κ1) is 19.9. The summed E-state index contributed by atoms with van der Waals surface area (Å²) in [5, 5.41) is 12.3. The minimum atomic E-state index is -0.747. The molecule has 0 heterocycles. The van der Waals surface area contributed by atoms with Gasteiger partial charge in [-0.3, -0.25) is 14.8 Å². The normalized spacial score (nSPS) is 10.2. The van der Waals surface area contributed by atoms with Gasteiger partial charge in [0.05, 0.1) is 37.6 Å². The van der Waals surface area contributed by atoms with Crippen LogP contribution in [-0.4, -0.2) is 48.7 Å². The quantitative estimate of drug-likeness (QED) is 0.341. The number of esters is 2. The predicted molar refractivity (Wildman–Crippen MR) is 93.4 cm³/mol. The van der Waals surface area contributed by atoms with Gasteiger partial charge in [0.15, 0.2) is 0 Å². The molecule has 0 spiro atoms. The van der Waals surface area contributed by atoms with E-state index in [9.17, 15) is 24.4 Å². The van der Waals surface area contributed by atoms with Crippen LogP contribution in [0.3, 0.4) is 0 Å². The summed E-state index contributed by atoms with van der Waals surface area (Å²) < 4.78 is 9.60. The van der Waals surface area contributed by atoms with Crippen LogP contribution in [0.15, 0.2) is 24.3 Å². The van der Waals surface area contributed by atoms with Crippen molar-refractivity contribution in [3.8, 4) is 11.1 Å². The summed E-state index contributed by atoms with van der Waals surface area (Å²) in [6, 6.07) is 6.21. The number of hydrogen-bond donors (Lipinski definition) is 2. The van der Waals surface area contributed by atoms with Crippen molar-refractivity contribution in [2.24, 2.45) is 0 Å². The maximum atomic E-state index is 12.3. The Bertz CT molecular complexity index is 825. The molecule has 27 heavy (non-hydrogen) atoms. The lowest BCUT2D eigenvalue weighted by Crippen LogP contribution is -2.15. The number of amides is 2. The molecule has 142 valence electrons. The molecule has 9 heteroatoms. The van der Waals surface area contributed by atoms with Crippen molar-refractivity contribution < 1.29 is 33.9 Å². The highest BCUT2D eigenvalue weighted by Gasteiger charge is 2.32. The highest BCUT2D eigenvalue weighted by molar-refractivity contribution is 6.18. The van der Waals surface area contributed by atoms with E-state index >= 15 is 0 Å². The molecule has 2 aliphatic rings. The fourth-order valence-electron chi connectivity index (χ4n) is 2.71. The molecule has 2 N–H and O–H groups in total. The van der Waals surface area contributed by atoms with Crippen molar-refractivity contribution in [1.82, 2.24) is 5.06 Å². The summed E-state index contributed by atoms with van der Waals surface area (Å²) in [4.78, 5) is 46.9. The first-order valence-electron chi connectivity index (χ1n) is 7.77.